The summed E-state index contributed by atoms with van der Waals surface area (Å²) < 4.78 is 10.4. The molecular weight excluding hydrogens is 372 g/mol. The third-order valence-corrected chi connectivity index (χ3v) is 3.29. The number of anilines is 1. The number of nitriles is 1. The quantitative estimate of drug-likeness (QED) is 0.565. The summed E-state index contributed by atoms with van der Waals surface area (Å²) >= 11 is 5.93. The van der Waals surface area contributed by atoms with E-state index in [0.717, 1.165) is 11.1 Å². The molecule has 1 aromatic carbocycles. The van der Waals surface area contributed by atoms with Gasteiger partial charge in [-0.3, -0.25) is 9.69 Å². The number of hydrogen-bond donors (Lipinski definition) is 2. The molecule has 146 valence electrons. The number of rotatable bonds is 6. The molecule has 8 nitrogen and oxygen atoms in total. The first-order valence-electron chi connectivity index (χ1n) is 8.07. The molecule has 0 atom stereocenters. The Balaban J connectivity index is 3.08. The highest BCUT2D eigenvalue weighted by atomic mass is 35.5. The summed E-state index contributed by atoms with van der Waals surface area (Å²) in [5.41, 5.74) is 4.76. The molecule has 0 aliphatic carbocycles. The zero-order valence-corrected chi connectivity index (χ0v) is 16.5. The number of nitrogens with zero attached hydrogens (tertiary/aromatic N) is 2. The molecular formula is C18H23ClN4O4. The van der Waals surface area contributed by atoms with E-state index in [9.17, 15) is 14.9 Å². The van der Waals surface area contributed by atoms with Crippen LogP contribution in [0.4, 0.5) is 10.5 Å². The third-order valence-electron chi connectivity index (χ3n) is 3.06. The molecule has 3 N–H and O–H groups in total. The molecule has 0 spiro atoms. The Kier molecular flexibility index (Phi) is 8.09. The minimum absolute atomic E-state index is 0.0772. The molecule has 1 aromatic rings. The maximum absolute atomic E-state index is 12.5. The number of methoxy groups -OCH3 is 1. The van der Waals surface area contributed by atoms with Gasteiger partial charge in [-0.2, -0.15) is 5.26 Å². The molecule has 0 aliphatic rings. The zero-order valence-electron chi connectivity index (χ0n) is 15.7. The molecule has 9 heteroatoms. The Hall–Kier alpha value is -2.76. The van der Waals surface area contributed by atoms with Crippen molar-refractivity contribution in [1.82, 2.24) is 4.90 Å². The highest BCUT2D eigenvalue weighted by Gasteiger charge is 2.22. The van der Waals surface area contributed by atoms with Crippen molar-refractivity contribution in [2.24, 2.45) is 5.73 Å². The summed E-state index contributed by atoms with van der Waals surface area (Å²) in [7, 11) is 1.44. The number of carbonyl (C=O) groups is 2. The molecule has 0 fully saturated rings. The largest absolute Gasteiger partial charge is 0.495 e. The fourth-order valence-electron chi connectivity index (χ4n) is 1.93. The molecule has 0 aliphatic heterocycles. The Morgan fingerprint density at radius 1 is 1.41 bits per heavy atom. The fraction of sp³-hybridized carbons (Fsp3) is 0.389. The van der Waals surface area contributed by atoms with E-state index in [2.05, 4.69) is 5.32 Å². The van der Waals surface area contributed by atoms with Crippen molar-refractivity contribution < 1.29 is 19.1 Å². The zero-order chi connectivity index (χ0) is 20.6. The van der Waals surface area contributed by atoms with Crippen molar-refractivity contribution in [3.63, 3.8) is 0 Å². The lowest BCUT2D eigenvalue weighted by atomic mass is 10.2. The third kappa shape index (κ3) is 7.17. The van der Waals surface area contributed by atoms with Gasteiger partial charge < -0.3 is 20.5 Å². The predicted molar refractivity (Wildman–Crippen MR) is 102 cm³/mol. The summed E-state index contributed by atoms with van der Waals surface area (Å²) in [6, 6.07) is 6.43. The second-order valence-corrected chi connectivity index (χ2v) is 6.85. The summed E-state index contributed by atoms with van der Waals surface area (Å²) in [4.78, 5) is 25.8. The number of carbonyl (C=O) groups excluding carboxylic acids is 2. The summed E-state index contributed by atoms with van der Waals surface area (Å²) in [5, 5.41) is 12.3. The maximum Gasteiger partial charge on any atom is 0.414 e. The van der Waals surface area contributed by atoms with Crippen LogP contribution in [0.3, 0.4) is 0 Å². The number of halogens is 1. The van der Waals surface area contributed by atoms with Crippen molar-refractivity contribution >= 4 is 29.3 Å². The van der Waals surface area contributed by atoms with Crippen molar-refractivity contribution in [2.75, 3.05) is 25.5 Å². The van der Waals surface area contributed by atoms with Gasteiger partial charge in [0.05, 0.1) is 12.8 Å². The van der Waals surface area contributed by atoms with Gasteiger partial charge in [0, 0.05) is 24.3 Å². The normalized spacial score (nSPS) is 11.4. The lowest BCUT2D eigenvalue weighted by molar-refractivity contribution is -0.112. The van der Waals surface area contributed by atoms with E-state index in [4.69, 9.17) is 26.8 Å². The minimum Gasteiger partial charge on any atom is -0.495 e. The molecule has 27 heavy (non-hydrogen) atoms. The van der Waals surface area contributed by atoms with E-state index in [-0.39, 0.29) is 18.7 Å². The van der Waals surface area contributed by atoms with Crippen LogP contribution < -0.4 is 15.8 Å². The smallest absolute Gasteiger partial charge is 0.414 e. The SMILES string of the molecule is COc1ccc(Cl)cc1NC(=O)/C(C#N)=C\N(CCN)C(=O)OC(C)(C)C. The van der Waals surface area contributed by atoms with Gasteiger partial charge in [0.2, 0.25) is 0 Å². The standard InChI is InChI=1S/C18H23ClN4O4/c1-18(2,3)27-17(25)23(8-7-20)11-12(10-21)16(24)22-14-9-13(19)5-6-15(14)26-4/h5-6,9,11H,7-8,20H2,1-4H3,(H,22,24)/b12-11-. The van der Waals surface area contributed by atoms with Gasteiger partial charge in [0.15, 0.2) is 0 Å². The molecule has 0 bridgehead atoms. The summed E-state index contributed by atoms with van der Waals surface area (Å²) in [6.45, 7) is 5.32. The van der Waals surface area contributed by atoms with Gasteiger partial charge in [0.25, 0.3) is 5.91 Å². The van der Waals surface area contributed by atoms with E-state index in [0.29, 0.717) is 16.5 Å². The van der Waals surface area contributed by atoms with Crippen LogP contribution in [0.1, 0.15) is 20.8 Å². The van der Waals surface area contributed by atoms with Crippen LogP contribution in [0, 0.1) is 11.3 Å². The molecule has 2 amide bonds. The van der Waals surface area contributed by atoms with E-state index < -0.39 is 17.6 Å². The average Bonchev–Trinajstić information content (AvgIpc) is 2.57. The Bertz CT molecular complexity index is 766. The van der Waals surface area contributed by atoms with Crippen LogP contribution in [0.15, 0.2) is 30.0 Å². The number of benzene rings is 1. The molecule has 0 aromatic heterocycles. The van der Waals surface area contributed by atoms with Crippen LogP contribution in [0.25, 0.3) is 0 Å². The number of amides is 2. The molecule has 0 heterocycles. The lowest BCUT2D eigenvalue weighted by Crippen LogP contribution is -2.37. The van der Waals surface area contributed by atoms with Crippen LogP contribution in [-0.2, 0) is 9.53 Å². The highest BCUT2D eigenvalue weighted by molar-refractivity contribution is 6.31. The molecule has 0 radical (unpaired) electrons. The van der Waals surface area contributed by atoms with Gasteiger partial charge in [-0.05, 0) is 39.0 Å². The van der Waals surface area contributed by atoms with Crippen molar-refractivity contribution in [3.05, 3.63) is 35.0 Å². The van der Waals surface area contributed by atoms with Crippen LogP contribution >= 0.6 is 11.6 Å². The molecule has 0 saturated carbocycles. The second kappa shape index (κ2) is 9.80. The first-order chi connectivity index (χ1) is 12.6. The average molecular weight is 395 g/mol. The number of nitrogens with one attached hydrogen (secondary N) is 1. The number of hydrogen-bond acceptors (Lipinski definition) is 6. The van der Waals surface area contributed by atoms with Gasteiger partial charge in [-0.1, -0.05) is 11.6 Å². The van der Waals surface area contributed by atoms with Crippen molar-refractivity contribution in [3.8, 4) is 11.8 Å². The predicted octanol–water partition coefficient (Wildman–Crippen LogP) is 2.89. The summed E-state index contributed by atoms with van der Waals surface area (Å²) in [5.74, 6) is -0.361. The van der Waals surface area contributed by atoms with Gasteiger partial charge in [-0.25, -0.2) is 4.79 Å². The first kappa shape index (κ1) is 22.3. The highest BCUT2D eigenvalue weighted by Crippen LogP contribution is 2.28. The summed E-state index contributed by atoms with van der Waals surface area (Å²) in [6.07, 6.45) is 0.390. The number of nitrogens with two attached hydrogens (primary N) is 1. The second-order valence-electron chi connectivity index (χ2n) is 6.42. The maximum atomic E-state index is 12.5. The first-order valence-corrected chi connectivity index (χ1v) is 8.45. The van der Waals surface area contributed by atoms with Gasteiger partial charge in [-0.15, -0.1) is 0 Å². The Morgan fingerprint density at radius 2 is 2.07 bits per heavy atom. The lowest BCUT2D eigenvalue weighted by Gasteiger charge is -2.25. The van der Waals surface area contributed by atoms with Crippen LogP contribution in [0.5, 0.6) is 5.75 Å². The minimum atomic E-state index is -0.735. The van der Waals surface area contributed by atoms with E-state index >= 15 is 0 Å². The fourth-order valence-corrected chi connectivity index (χ4v) is 2.10. The molecule has 0 unspecified atom stereocenters. The van der Waals surface area contributed by atoms with Gasteiger partial charge >= 0.3 is 6.09 Å². The number of ether oxygens (including phenoxy) is 2. The monoisotopic (exact) mass is 394 g/mol. The topological polar surface area (TPSA) is 118 Å². The van der Waals surface area contributed by atoms with Crippen LogP contribution in [0.2, 0.25) is 5.02 Å². The van der Waals surface area contributed by atoms with Crippen molar-refractivity contribution in [1.29, 1.82) is 5.26 Å². The van der Waals surface area contributed by atoms with E-state index in [1.54, 1.807) is 39.0 Å². The van der Waals surface area contributed by atoms with Gasteiger partial charge in [0.1, 0.15) is 23.0 Å². The Labute approximate surface area is 163 Å². The Morgan fingerprint density at radius 3 is 2.59 bits per heavy atom. The molecule has 1 rings (SSSR count). The van der Waals surface area contributed by atoms with E-state index in [1.807, 2.05) is 0 Å². The van der Waals surface area contributed by atoms with E-state index in [1.165, 1.54) is 13.2 Å². The van der Waals surface area contributed by atoms with Crippen LogP contribution in [-0.4, -0.2) is 42.7 Å². The van der Waals surface area contributed by atoms with Crippen molar-refractivity contribution in [2.45, 2.75) is 26.4 Å². The molecule has 0 saturated heterocycles.